The molecule has 0 saturated carbocycles. The van der Waals surface area contributed by atoms with Gasteiger partial charge in [-0.15, -0.1) is 0 Å². The predicted molar refractivity (Wildman–Crippen MR) is 99.7 cm³/mol. The number of hydrogen-bond donors (Lipinski definition) is 2. The van der Waals surface area contributed by atoms with E-state index in [4.69, 9.17) is 4.42 Å². The van der Waals surface area contributed by atoms with E-state index in [1.807, 2.05) is 55.5 Å². The highest BCUT2D eigenvalue weighted by atomic mass is 16.3. The van der Waals surface area contributed by atoms with E-state index in [9.17, 15) is 4.79 Å². The van der Waals surface area contributed by atoms with Gasteiger partial charge in [-0.1, -0.05) is 42.5 Å². The molecule has 4 rings (SSSR count). The molecule has 0 aliphatic heterocycles. The molecule has 5 heteroatoms. The Balaban J connectivity index is 1.69. The molecule has 2 heterocycles. The largest absolute Gasteiger partial charge is 0.463 e. The molecule has 0 spiro atoms. The standard InChI is InChI=1S/C21H19N3O2/c1-14(20-23-17-11-6-5-10-16(17)21(25)24-20)22-19(18-12-7-13-26-18)15-8-3-2-4-9-15/h2-14,19,22H,1H3,(H,23,24,25)/p+1/t14-,19+/m0/s1. The van der Waals surface area contributed by atoms with Crippen LogP contribution in [0.1, 0.15) is 36.2 Å². The van der Waals surface area contributed by atoms with Crippen LogP contribution in [-0.4, -0.2) is 9.97 Å². The van der Waals surface area contributed by atoms with E-state index < -0.39 is 0 Å². The van der Waals surface area contributed by atoms with E-state index in [2.05, 4.69) is 27.4 Å². The van der Waals surface area contributed by atoms with Crippen molar-refractivity contribution in [3.63, 3.8) is 0 Å². The number of nitrogens with one attached hydrogen (secondary N) is 1. The van der Waals surface area contributed by atoms with Crippen molar-refractivity contribution in [1.29, 1.82) is 0 Å². The summed E-state index contributed by atoms with van der Waals surface area (Å²) in [4.78, 5) is 19.9. The molecule has 0 unspecified atom stereocenters. The van der Waals surface area contributed by atoms with Gasteiger partial charge < -0.3 is 14.7 Å². The number of rotatable bonds is 5. The maximum atomic E-state index is 12.4. The van der Waals surface area contributed by atoms with Crippen LogP contribution in [0.2, 0.25) is 0 Å². The van der Waals surface area contributed by atoms with Gasteiger partial charge in [0.05, 0.1) is 17.2 Å². The minimum absolute atomic E-state index is 0.0158. The smallest absolute Gasteiger partial charge is 0.258 e. The monoisotopic (exact) mass is 346 g/mol. The van der Waals surface area contributed by atoms with Gasteiger partial charge in [-0.3, -0.25) is 4.79 Å². The van der Waals surface area contributed by atoms with Crippen molar-refractivity contribution in [2.75, 3.05) is 0 Å². The highest BCUT2D eigenvalue weighted by molar-refractivity contribution is 5.77. The van der Waals surface area contributed by atoms with Gasteiger partial charge in [0.1, 0.15) is 6.04 Å². The molecular formula is C21H20N3O2+. The minimum Gasteiger partial charge on any atom is -0.463 e. The summed E-state index contributed by atoms with van der Waals surface area (Å²) in [6.07, 6.45) is 1.68. The van der Waals surface area contributed by atoms with Crippen LogP contribution in [0, 0.1) is 0 Å². The first-order valence-electron chi connectivity index (χ1n) is 8.64. The van der Waals surface area contributed by atoms with E-state index in [1.165, 1.54) is 0 Å². The fourth-order valence-corrected chi connectivity index (χ4v) is 3.20. The van der Waals surface area contributed by atoms with Gasteiger partial charge in [0.15, 0.2) is 17.6 Å². The Morgan fingerprint density at radius 2 is 1.77 bits per heavy atom. The number of aromatic amines is 1. The first kappa shape index (κ1) is 16.3. The van der Waals surface area contributed by atoms with E-state index in [0.29, 0.717) is 16.7 Å². The normalized spacial score (nSPS) is 13.6. The van der Waals surface area contributed by atoms with Crippen LogP contribution in [0.15, 0.2) is 82.2 Å². The van der Waals surface area contributed by atoms with Crippen molar-refractivity contribution in [1.82, 2.24) is 9.97 Å². The van der Waals surface area contributed by atoms with E-state index in [0.717, 1.165) is 11.3 Å². The van der Waals surface area contributed by atoms with Gasteiger partial charge in [-0.05, 0) is 31.2 Å². The Hall–Kier alpha value is -3.18. The zero-order chi connectivity index (χ0) is 17.9. The van der Waals surface area contributed by atoms with E-state index in [1.54, 1.807) is 12.3 Å². The van der Waals surface area contributed by atoms with Crippen LogP contribution in [0.25, 0.3) is 10.9 Å². The summed E-state index contributed by atoms with van der Waals surface area (Å²) in [5.41, 5.74) is 1.73. The van der Waals surface area contributed by atoms with Gasteiger partial charge in [0, 0.05) is 5.56 Å². The van der Waals surface area contributed by atoms with Crippen molar-refractivity contribution >= 4 is 10.9 Å². The fraction of sp³-hybridized carbons (Fsp3) is 0.143. The molecule has 4 aromatic rings. The number of hydrogen-bond acceptors (Lipinski definition) is 3. The summed E-state index contributed by atoms with van der Waals surface area (Å²) < 4.78 is 5.66. The Morgan fingerprint density at radius 3 is 2.54 bits per heavy atom. The molecular weight excluding hydrogens is 326 g/mol. The molecule has 2 aromatic carbocycles. The highest BCUT2D eigenvalue weighted by Gasteiger charge is 2.25. The van der Waals surface area contributed by atoms with Gasteiger partial charge in [-0.25, -0.2) is 4.98 Å². The lowest BCUT2D eigenvalue weighted by molar-refractivity contribution is -0.725. The molecule has 0 aliphatic carbocycles. The average molecular weight is 346 g/mol. The number of para-hydroxylation sites is 1. The van der Waals surface area contributed by atoms with Crippen molar-refractivity contribution in [2.45, 2.75) is 19.0 Å². The summed E-state index contributed by atoms with van der Waals surface area (Å²) in [5.74, 6) is 1.52. The number of nitrogens with zero attached hydrogens (tertiary/aromatic N) is 1. The zero-order valence-corrected chi connectivity index (χ0v) is 14.4. The number of benzene rings is 2. The topological polar surface area (TPSA) is 75.5 Å². The molecule has 0 saturated heterocycles. The first-order valence-corrected chi connectivity index (χ1v) is 8.64. The lowest BCUT2D eigenvalue weighted by Gasteiger charge is -2.18. The summed E-state index contributed by atoms with van der Waals surface area (Å²) in [5, 5.41) is 2.76. The summed E-state index contributed by atoms with van der Waals surface area (Å²) in [7, 11) is 0. The van der Waals surface area contributed by atoms with E-state index >= 15 is 0 Å². The third kappa shape index (κ3) is 3.17. The Labute approximate surface area is 150 Å². The minimum atomic E-state index is -0.111. The molecule has 2 atom stereocenters. The second-order valence-electron chi connectivity index (χ2n) is 6.35. The van der Waals surface area contributed by atoms with Crippen molar-refractivity contribution in [2.24, 2.45) is 0 Å². The van der Waals surface area contributed by atoms with Crippen LogP contribution in [0.4, 0.5) is 0 Å². The maximum Gasteiger partial charge on any atom is 0.258 e. The summed E-state index contributed by atoms with van der Waals surface area (Å²) in [6, 6.07) is 21.3. The Morgan fingerprint density at radius 1 is 1.00 bits per heavy atom. The molecule has 2 aromatic heterocycles. The third-order valence-corrected chi connectivity index (χ3v) is 4.55. The second-order valence-corrected chi connectivity index (χ2v) is 6.35. The molecule has 0 bridgehead atoms. The molecule has 0 radical (unpaired) electrons. The third-order valence-electron chi connectivity index (χ3n) is 4.55. The van der Waals surface area contributed by atoms with Crippen LogP contribution in [0.3, 0.4) is 0 Å². The maximum absolute atomic E-state index is 12.4. The zero-order valence-electron chi connectivity index (χ0n) is 14.4. The molecule has 26 heavy (non-hydrogen) atoms. The molecule has 0 aliphatic rings. The highest BCUT2D eigenvalue weighted by Crippen LogP contribution is 2.20. The number of nitrogens with two attached hydrogens (primary N) is 1. The van der Waals surface area contributed by atoms with E-state index in [-0.39, 0.29) is 17.6 Å². The van der Waals surface area contributed by atoms with Gasteiger partial charge >= 0.3 is 0 Å². The lowest BCUT2D eigenvalue weighted by atomic mass is 10.0. The van der Waals surface area contributed by atoms with Crippen molar-refractivity contribution in [3.05, 3.63) is 100 Å². The van der Waals surface area contributed by atoms with Crippen molar-refractivity contribution < 1.29 is 9.73 Å². The summed E-state index contributed by atoms with van der Waals surface area (Å²) in [6.45, 7) is 2.03. The quantitative estimate of drug-likeness (QED) is 0.583. The van der Waals surface area contributed by atoms with Gasteiger partial charge in [0.25, 0.3) is 5.56 Å². The fourth-order valence-electron chi connectivity index (χ4n) is 3.20. The van der Waals surface area contributed by atoms with Gasteiger partial charge in [-0.2, -0.15) is 0 Å². The number of furan rings is 1. The van der Waals surface area contributed by atoms with Crippen LogP contribution in [0.5, 0.6) is 0 Å². The molecule has 0 amide bonds. The molecule has 130 valence electrons. The SMILES string of the molecule is C[C@H]([NH2+][C@H](c1ccccc1)c1ccco1)c1nc2ccccc2c(=O)[nH]1. The van der Waals surface area contributed by atoms with Crippen LogP contribution >= 0.6 is 0 Å². The number of quaternary nitrogens is 1. The lowest BCUT2D eigenvalue weighted by Crippen LogP contribution is -2.86. The predicted octanol–water partition coefficient (Wildman–Crippen LogP) is 2.93. The molecule has 0 fully saturated rings. The summed E-state index contributed by atoms with van der Waals surface area (Å²) >= 11 is 0. The molecule has 5 nitrogen and oxygen atoms in total. The van der Waals surface area contributed by atoms with Crippen LogP contribution in [-0.2, 0) is 0 Å². The van der Waals surface area contributed by atoms with Crippen LogP contribution < -0.4 is 10.9 Å². The van der Waals surface area contributed by atoms with Gasteiger partial charge in [0.2, 0.25) is 0 Å². The number of aromatic nitrogens is 2. The average Bonchev–Trinajstić information content (AvgIpc) is 3.21. The number of H-pyrrole nitrogens is 1. The first-order chi connectivity index (χ1) is 12.7. The molecule has 3 N–H and O–H groups in total. The second kappa shape index (κ2) is 6.98. The Bertz CT molecular complexity index is 1060. The number of fused-ring (bicyclic) bond motifs is 1. The van der Waals surface area contributed by atoms with Crippen molar-refractivity contribution in [3.8, 4) is 0 Å². The Kier molecular flexibility index (Phi) is 4.37.